The first kappa shape index (κ1) is 25.7. The van der Waals surface area contributed by atoms with Gasteiger partial charge >= 0.3 is 0 Å². The summed E-state index contributed by atoms with van der Waals surface area (Å²) >= 11 is 0. The van der Waals surface area contributed by atoms with Crippen molar-refractivity contribution in [1.29, 1.82) is 0 Å². The van der Waals surface area contributed by atoms with E-state index in [4.69, 9.17) is 0 Å². The van der Waals surface area contributed by atoms with Crippen LogP contribution < -0.4 is 10.9 Å². The molecule has 0 radical (unpaired) electrons. The summed E-state index contributed by atoms with van der Waals surface area (Å²) in [5, 5.41) is 16.8. The summed E-state index contributed by atoms with van der Waals surface area (Å²) in [6.07, 6.45) is 7.01. The van der Waals surface area contributed by atoms with E-state index >= 15 is 0 Å². The maximum Gasteiger partial charge on any atom is 0.260 e. The molecule has 0 unspecified atom stereocenters. The molecular weight excluding hydrogens is 476 g/mol. The van der Waals surface area contributed by atoms with Crippen LogP contribution in [0.15, 0.2) is 29.3 Å². The molecule has 6 rings (SSSR count). The van der Waals surface area contributed by atoms with Gasteiger partial charge in [-0.1, -0.05) is 12.1 Å². The number of rotatable bonds is 7. The quantitative estimate of drug-likeness (QED) is 0.454. The Morgan fingerprint density at radius 3 is 2.47 bits per heavy atom. The van der Waals surface area contributed by atoms with Gasteiger partial charge in [-0.05, 0) is 76.8 Å². The second kappa shape index (κ2) is 10.2. The van der Waals surface area contributed by atoms with E-state index in [9.17, 15) is 9.90 Å². The molecule has 3 heterocycles. The zero-order valence-electron chi connectivity index (χ0n) is 23.1. The van der Waals surface area contributed by atoms with Crippen LogP contribution in [-0.2, 0) is 6.54 Å². The van der Waals surface area contributed by atoms with E-state index < -0.39 is 5.60 Å². The van der Waals surface area contributed by atoms with Crippen LogP contribution in [0.4, 0.5) is 5.82 Å². The van der Waals surface area contributed by atoms with Crippen molar-refractivity contribution in [3.63, 3.8) is 0 Å². The third-order valence-corrected chi connectivity index (χ3v) is 9.05. The lowest BCUT2D eigenvalue weighted by Gasteiger charge is -2.37. The van der Waals surface area contributed by atoms with Crippen LogP contribution in [0, 0.1) is 5.92 Å². The van der Waals surface area contributed by atoms with Crippen LogP contribution in [0.2, 0.25) is 0 Å². The Hall–Kier alpha value is -2.55. The highest BCUT2D eigenvalue weighted by atomic mass is 16.3. The number of hydrogen-bond acceptors (Lipinski definition) is 7. The van der Waals surface area contributed by atoms with Gasteiger partial charge in [0.15, 0.2) is 0 Å². The van der Waals surface area contributed by atoms with Crippen molar-refractivity contribution in [2.75, 3.05) is 38.0 Å². The van der Waals surface area contributed by atoms with E-state index in [0.717, 1.165) is 74.1 Å². The predicted octanol–water partition coefficient (Wildman–Crippen LogP) is 4.16. The molecule has 0 amide bonds. The molecule has 1 aromatic carbocycles. The van der Waals surface area contributed by atoms with Crippen LogP contribution in [0.3, 0.4) is 0 Å². The molecule has 2 N–H and O–H groups in total. The number of nitrogens with zero attached hydrogens (tertiary/aromatic N) is 5. The third kappa shape index (κ3) is 5.18. The Bertz CT molecular complexity index is 1360. The van der Waals surface area contributed by atoms with E-state index in [2.05, 4.69) is 57.1 Å². The predicted molar refractivity (Wildman–Crippen MR) is 153 cm³/mol. The summed E-state index contributed by atoms with van der Waals surface area (Å²) in [5.74, 6) is 1.53. The fraction of sp³-hybridized carbons (Fsp3) is 0.633. The largest absolute Gasteiger partial charge is 0.390 e. The molecule has 3 aromatic rings. The Morgan fingerprint density at radius 2 is 1.79 bits per heavy atom. The van der Waals surface area contributed by atoms with Crippen LogP contribution in [0.1, 0.15) is 70.9 Å². The lowest BCUT2D eigenvalue weighted by molar-refractivity contribution is 0.0100. The molecule has 38 heavy (non-hydrogen) atoms. The van der Waals surface area contributed by atoms with Crippen molar-refractivity contribution < 1.29 is 5.11 Å². The number of piperazine rings is 1. The van der Waals surface area contributed by atoms with Gasteiger partial charge in [0.05, 0.1) is 11.0 Å². The molecule has 1 aliphatic heterocycles. The van der Waals surface area contributed by atoms with Crippen LogP contribution in [0.25, 0.3) is 21.8 Å². The van der Waals surface area contributed by atoms with Crippen molar-refractivity contribution in [2.45, 2.75) is 83.5 Å². The maximum absolute atomic E-state index is 14.2. The molecule has 204 valence electrons. The molecule has 0 spiro atoms. The van der Waals surface area contributed by atoms with Crippen molar-refractivity contribution in [3.8, 4) is 0 Å². The summed E-state index contributed by atoms with van der Waals surface area (Å²) in [6, 6.07) is 7.00. The summed E-state index contributed by atoms with van der Waals surface area (Å²) < 4.78 is 1.92. The van der Waals surface area contributed by atoms with E-state index in [1.54, 1.807) is 6.33 Å². The topological polar surface area (TPSA) is 86.5 Å². The molecule has 8 nitrogen and oxygen atoms in total. The minimum Gasteiger partial charge on any atom is -0.390 e. The normalized spacial score (nSPS) is 25.4. The Morgan fingerprint density at radius 1 is 1.05 bits per heavy atom. The average Bonchev–Trinajstić information content (AvgIpc) is 3.73. The number of fused-ring (bicyclic) bond motifs is 3. The number of anilines is 1. The standard InChI is InChI=1S/C30H42N6O2/c1-20(2)35-14-12-34(13-15-35)18-22-6-7-24-25(16-22)29(37)36(23-8-10-30(3,38)11-9-23)28-26(24)27(32-19-33-28)31-17-21-4-5-21/h6-7,16,19-21,23,38H,4-5,8-15,17-18H2,1-3H3,(H,31,32,33). The molecule has 3 aliphatic rings. The number of hydrogen-bond donors (Lipinski definition) is 2. The third-order valence-electron chi connectivity index (χ3n) is 9.05. The van der Waals surface area contributed by atoms with Gasteiger partial charge in [0.25, 0.3) is 5.56 Å². The Labute approximate surface area is 225 Å². The lowest BCUT2D eigenvalue weighted by atomic mass is 9.83. The van der Waals surface area contributed by atoms with Gasteiger partial charge in [0, 0.05) is 62.1 Å². The van der Waals surface area contributed by atoms with E-state index in [0.29, 0.717) is 30.4 Å². The molecule has 2 aliphatic carbocycles. The van der Waals surface area contributed by atoms with E-state index in [1.165, 1.54) is 18.4 Å². The van der Waals surface area contributed by atoms with Gasteiger partial charge in [-0.15, -0.1) is 0 Å². The van der Waals surface area contributed by atoms with Gasteiger partial charge in [-0.2, -0.15) is 0 Å². The molecule has 0 bridgehead atoms. The molecule has 3 fully saturated rings. The second-order valence-corrected chi connectivity index (χ2v) is 12.4. The molecule has 8 heteroatoms. The highest BCUT2D eigenvalue weighted by Crippen LogP contribution is 2.37. The molecule has 2 saturated carbocycles. The van der Waals surface area contributed by atoms with Gasteiger partial charge in [-0.25, -0.2) is 9.97 Å². The van der Waals surface area contributed by atoms with Crippen molar-refractivity contribution in [1.82, 2.24) is 24.3 Å². The van der Waals surface area contributed by atoms with E-state index in [-0.39, 0.29) is 11.6 Å². The summed E-state index contributed by atoms with van der Waals surface area (Å²) in [4.78, 5) is 28.5. The fourth-order valence-electron chi connectivity index (χ4n) is 6.33. The smallest absolute Gasteiger partial charge is 0.260 e. The summed E-state index contributed by atoms with van der Waals surface area (Å²) in [6.45, 7) is 12.4. The highest BCUT2D eigenvalue weighted by molar-refractivity contribution is 6.09. The number of nitrogens with one attached hydrogen (secondary N) is 1. The van der Waals surface area contributed by atoms with E-state index in [1.807, 2.05) is 11.5 Å². The first-order valence-corrected chi connectivity index (χ1v) is 14.5. The molecule has 0 atom stereocenters. The fourth-order valence-corrected chi connectivity index (χ4v) is 6.33. The van der Waals surface area contributed by atoms with Crippen molar-refractivity contribution in [2.24, 2.45) is 5.92 Å². The molecule has 2 aromatic heterocycles. The summed E-state index contributed by atoms with van der Waals surface area (Å²) in [7, 11) is 0. The van der Waals surface area contributed by atoms with Crippen molar-refractivity contribution in [3.05, 3.63) is 40.4 Å². The molecular formula is C30H42N6O2. The Balaban J connectivity index is 1.40. The highest BCUT2D eigenvalue weighted by Gasteiger charge is 2.32. The average molecular weight is 519 g/mol. The first-order valence-electron chi connectivity index (χ1n) is 14.5. The second-order valence-electron chi connectivity index (χ2n) is 12.4. The number of aromatic nitrogens is 3. The zero-order valence-corrected chi connectivity index (χ0v) is 23.1. The lowest BCUT2D eigenvalue weighted by Crippen LogP contribution is -2.48. The number of aliphatic hydroxyl groups is 1. The molecule has 1 saturated heterocycles. The van der Waals surface area contributed by atoms with Gasteiger partial charge in [0.1, 0.15) is 17.8 Å². The Kier molecular flexibility index (Phi) is 6.91. The van der Waals surface area contributed by atoms with Gasteiger partial charge in [0.2, 0.25) is 0 Å². The maximum atomic E-state index is 14.2. The van der Waals surface area contributed by atoms with Crippen LogP contribution in [0.5, 0.6) is 0 Å². The minimum absolute atomic E-state index is 0.0218. The number of benzene rings is 1. The van der Waals surface area contributed by atoms with Crippen molar-refractivity contribution >= 4 is 27.6 Å². The first-order chi connectivity index (χ1) is 18.3. The SMILES string of the molecule is CC(C)N1CCN(Cc2ccc3c(c2)c(=O)n(C2CCC(C)(O)CC2)c2ncnc(NCC4CC4)c32)CC1. The minimum atomic E-state index is -0.661. The van der Waals surface area contributed by atoms with Gasteiger partial charge < -0.3 is 10.4 Å². The van der Waals surface area contributed by atoms with Crippen LogP contribution in [-0.4, -0.2) is 73.8 Å². The summed E-state index contributed by atoms with van der Waals surface area (Å²) in [5.41, 5.74) is 1.25. The number of pyridine rings is 1. The zero-order chi connectivity index (χ0) is 26.4. The monoisotopic (exact) mass is 518 g/mol. The van der Waals surface area contributed by atoms with Crippen LogP contribution >= 0.6 is 0 Å². The van der Waals surface area contributed by atoms with Gasteiger partial charge in [-0.3, -0.25) is 19.2 Å².